The molecule has 0 amide bonds. The van der Waals surface area contributed by atoms with Crippen molar-refractivity contribution in [2.24, 2.45) is 0 Å². The van der Waals surface area contributed by atoms with Gasteiger partial charge in [-0.2, -0.15) is 0 Å². The van der Waals surface area contributed by atoms with Crippen molar-refractivity contribution < 1.29 is 9.18 Å². The van der Waals surface area contributed by atoms with Gasteiger partial charge in [0, 0.05) is 23.3 Å². The Morgan fingerprint density at radius 1 is 1.04 bits per heavy atom. The van der Waals surface area contributed by atoms with Gasteiger partial charge in [0.25, 0.3) is 0 Å². The molecule has 0 bridgehead atoms. The van der Waals surface area contributed by atoms with Crippen molar-refractivity contribution in [2.45, 2.75) is 18.8 Å². The number of fused-ring (bicyclic) bond motifs is 1. The van der Waals surface area contributed by atoms with Crippen LogP contribution in [0.2, 0.25) is 5.02 Å². The number of anilines is 2. The first kappa shape index (κ1) is 16.7. The van der Waals surface area contributed by atoms with Crippen LogP contribution in [-0.4, -0.2) is 15.8 Å². The topological polar surface area (TPSA) is 54.9 Å². The Balaban J connectivity index is 1.60. The van der Waals surface area contributed by atoms with Crippen molar-refractivity contribution >= 4 is 29.0 Å². The molecule has 0 saturated heterocycles. The van der Waals surface area contributed by atoms with Gasteiger partial charge < -0.3 is 5.32 Å². The third-order valence-electron chi connectivity index (χ3n) is 4.48. The minimum absolute atomic E-state index is 0.0412. The molecule has 1 atom stereocenters. The number of carbonyl (C=O) groups excluding carboxylic acids is 1. The first-order valence-corrected chi connectivity index (χ1v) is 8.63. The number of hydrogen-bond donors (Lipinski definition) is 1. The fourth-order valence-electron chi connectivity index (χ4n) is 3.14. The van der Waals surface area contributed by atoms with Gasteiger partial charge in [-0.15, -0.1) is 0 Å². The molecule has 26 heavy (non-hydrogen) atoms. The molecule has 4 nitrogen and oxygen atoms in total. The van der Waals surface area contributed by atoms with Crippen molar-refractivity contribution in [3.8, 4) is 0 Å². The molecule has 3 aromatic rings. The third-order valence-corrected chi connectivity index (χ3v) is 4.73. The summed E-state index contributed by atoms with van der Waals surface area (Å²) >= 11 is 5.95. The van der Waals surface area contributed by atoms with Crippen molar-refractivity contribution in [3.63, 3.8) is 0 Å². The Bertz CT molecular complexity index is 958. The second-order valence-corrected chi connectivity index (χ2v) is 6.70. The van der Waals surface area contributed by atoms with Crippen LogP contribution in [0.15, 0.2) is 54.7 Å². The van der Waals surface area contributed by atoms with Crippen LogP contribution in [0.4, 0.5) is 16.0 Å². The lowest BCUT2D eigenvalue weighted by molar-refractivity contribution is 0.0962. The zero-order valence-corrected chi connectivity index (χ0v) is 14.5. The quantitative estimate of drug-likeness (QED) is 0.713. The predicted molar refractivity (Wildman–Crippen MR) is 98.6 cm³/mol. The number of nitrogens with zero attached hydrogens (tertiary/aromatic N) is 2. The fourth-order valence-corrected chi connectivity index (χ4v) is 3.26. The van der Waals surface area contributed by atoms with E-state index in [1.165, 1.54) is 12.1 Å². The summed E-state index contributed by atoms with van der Waals surface area (Å²) in [4.78, 5) is 21.2. The average Bonchev–Trinajstić information content (AvgIpc) is 2.64. The van der Waals surface area contributed by atoms with E-state index in [9.17, 15) is 9.18 Å². The Morgan fingerprint density at radius 2 is 1.77 bits per heavy atom. The zero-order chi connectivity index (χ0) is 18.1. The minimum atomic E-state index is -0.307. The largest absolute Gasteiger partial charge is 0.324 e. The number of ketones is 1. The van der Waals surface area contributed by atoms with Gasteiger partial charge in [-0.05, 0) is 54.3 Å². The molecule has 1 unspecified atom stereocenters. The van der Waals surface area contributed by atoms with E-state index in [2.05, 4.69) is 15.3 Å². The lowest BCUT2D eigenvalue weighted by Gasteiger charge is -2.23. The van der Waals surface area contributed by atoms with Gasteiger partial charge in [0.15, 0.2) is 5.78 Å². The number of rotatable bonds is 3. The molecule has 130 valence electrons. The molecule has 1 N–H and O–H groups in total. The highest BCUT2D eigenvalue weighted by Crippen LogP contribution is 2.32. The number of carbonyl (C=O) groups is 1. The van der Waals surface area contributed by atoms with Gasteiger partial charge >= 0.3 is 0 Å². The number of halogens is 2. The highest BCUT2D eigenvalue weighted by molar-refractivity contribution is 6.30. The van der Waals surface area contributed by atoms with Crippen LogP contribution in [0, 0.1) is 5.82 Å². The van der Waals surface area contributed by atoms with E-state index in [0.29, 0.717) is 35.1 Å². The Hall–Kier alpha value is -2.79. The number of hydrogen-bond acceptors (Lipinski definition) is 4. The molecule has 0 saturated carbocycles. The van der Waals surface area contributed by atoms with Crippen LogP contribution in [0.1, 0.15) is 34.0 Å². The molecule has 1 aromatic heterocycles. The summed E-state index contributed by atoms with van der Waals surface area (Å²) in [7, 11) is 0. The number of nitrogens with one attached hydrogen (secondary N) is 1. The van der Waals surface area contributed by atoms with E-state index in [4.69, 9.17) is 11.6 Å². The summed E-state index contributed by atoms with van der Waals surface area (Å²) in [6, 6.07) is 13.5. The van der Waals surface area contributed by atoms with Crippen LogP contribution >= 0.6 is 11.6 Å². The van der Waals surface area contributed by atoms with E-state index in [0.717, 1.165) is 11.3 Å². The highest BCUT2D eigenvalue weighted by Gasteiger charge is 2.28. The molecule has 6 heteroatoms. The fraction of sp³-hybridized carbons (Fsp3) is 0.150. The van der Waals surface area contributed by atoms with Gasteiger partial charge in [-0.25, -0.2) is 14.4 Å². The van der Waals surface area contributed by atoms with Crippen LogP contribution < -0.4 is 5.32 Å². The molecule has 2 aromatic carbocycles. The maximum Gasteiger partial charge on any atom is 0.227 e. The van der Waals surface area contributed by atoms with Gasteiger partial charge in [0.2, 0.25) is 5.95 Å². The summed E-state index contributed by atoms with van der Waals surface area (Å²) in [5, 5.41) is 3.71. The van der Waals surface area contributed by atoms with Gasteiger partial charge in [-0.3, -0.25) is 4.79 Å². The summed E-state index contributed by atoms with van der Waals surface area (Å²) in [6.45, 7) is 0. The average molecular weight is 368 g/mol. The van der Waals surface area contributed by atoms with E-state index in [1.807, 2.05) is 24.3 Å². The Morgan fingerprint density at radius 3 is 2.50 bits per heavy atom. The van der Waals surface area contributed by atoms with Crippen molar-refractivity contribution in [1.82, 2.24) is 9.97 Å². The van der Waals surface area contributed by atoms with Crippen LogP contribution in [0.5, 0.6) is 0 Å². The molecule has 0 spiro atoms. The first-order chi connectivity index (χ1) is 12.6. The number of aromatic nitrogens is 2. The van der Waals surface area contributed by atoms with E-state index in [1.54, 1.807) is 18.3 Å². The van der Waals surface area contributed by atoms with Gasteiger partial charge in [0.05, 0.1) is 11.3 Å². The number of benzene rings is 2. The maximum absolute atomic E-state index is 13.0. The lowest BCUT2D eigenvalue weighted by atomic mass is 9.82. The molecule has 0 aliphatic heterocycles. The summed E-state index contributed by atoms with van der Waals surface area (Å²) in [5.74, 6) is 0.193. The van der Waals surface area contributed by atoms with Crippen LogP contribution in [-0.2, 0) is 6.42 Å². The molecule has 0 radical (unpaired) electrons. The second-order valence-electron chi connectivity index (χ2n) is 6.27. The normalized spacial score (nSPS) is 16.2. The standard InChI is InChI=1S/C20H15ClFN3O/c21-14-3-1-12(2-4-14)13-9-18-17(19(26)10-13)11-23-20(25-18)24-16-7-5-15(22)6-8-16/h1-8,11,13H,9-10H2,(H,23,24,25). The molecule has 1 heterocycles. The van der Waals surface area contributed by atoms with E-state index in [-0.39, 0.29) is 17.5 Å². The highest BCUT2D eigenvalue weighted by atomic mass is 35.5. The maximum atomic E-state index is 13.0. The molecular formula is C20H15ClFN3O. The molecule has 1 aliphatic rings. The molecule has 1 aliphatic carbocycles. The predicted octanol–water partition coefficient (Wildman–Crippen LogP) is 4.93. The molecular weight excluding hydrogens is 353 g/mol. The van der Waals surface area contributed by atoms with Gasteiger partial charge in [-0.1, -0.05) is 23.7 Å². The third kappa shape index (κ3) is 3.44. The zero-order valence-electron chi connectivity index (χ0n) is 13.7. The van der Waals surface area contributed by atoms with Crippen molar-refractivity contribution in [2.75, 3.05) is 5.32 Å². The lowest BCUT2D eigenvalue weighted by Crippen LogP contribution is -2.21. The SMILES string of the molecule is O=C1CC(c2ccc(Cl)cc2)Cc2nc(Nc3ccc(F)cc3)ncc21. The van der Waals surface area contributed by atoms with Crippen molar-refractivity contribution in [3.05, 3.63) is 82.4 Å². The van der Waals surface area contributed by atoms with Gasteiger partial charge in [0.1, 0.15) is 5.82 Å². The number of Topliss-reactive ketones (excluding diaryl/α,β-unsaturated/α-hetero) is 1. The second kappa shape index (κ2) is 6.84. The van der Waals surface area contributed by atoms with E-state index < -0.39 is 0 Å². The summed E-state index contributed by atoms with van der Waals surface area (Å²) < 4.78 is 13.0. The van der Waals surface area contributed by atoms with E-state index >= 15 is 0 Å². The summed E-state index contributed by atoms with van der Waals surface area (Å²) in [6.07, 6.45) is 2.65. The molecule has 4 rings (SSSR count). The Kier molecular flexibility index (Phi) is 4.39. The minimum Gasteiger partial charge on any atom is -0.324 e. The summed E-state index contributed by atoms with van der Waals surface area (Å²) in [5.41, 5.74) is 3.04. The monoisotopic (exact) mass is 367 g/mol. The van der Waals surface area contributed by atoms with Crippen molar-refractivity contribution in [1.29, 1.82) is 0 Å². The van der Waals surface area contributed by atoms with Crippen LogP contribution in [0.3, 0.4) is 0 Å². The van der Waals surface area contributed by atoms with Crippen LogP contribution in [0.25, 0.3) is 0 Å². The smallest absolute Gasteiger partial charge is 0.227 e. The molecule has 0 fully saturated rings. The Labute approximate surface area is 155 Å². The first-order valence-electron chi connectivity index (χ1n) is 8.25.